The minimum atomic E-state index is -1.22. The number of methoxy groups -OCH3 is 1. The van der Waals surface area contributed by atoms with Crippen molar-refractivity contribution >= 4 is 18.0 Å². The van der Waals surface area contributed by atoms with Crippen LogP contribution in [-0.2, 0) is 14.3 Å². The molecule has 0 heterocycles. The number of aliphatic hydroxyl groups excluding tert-OH is 1. The molecule has 0 saturated heterocycles. The first-order valence-corrected chi connectivity index (χ1v) is 6.92. The molecular weight excluding hydrogens is 280 g/mol. The number of esters is 1. The number of aliphatic hydroxyl groups is 1. The highest BCUT2D eigenvalue weighted by Crippen LogP contribution is 2.02. The number of carboxylic acids is 1. The molecule has 0 spiro atoms. The van der Waals surface area contributed by atoms with Gasteiger partial charge in [0.25, 0.3) is 0 Å². The summed E-state index contributed by atoms with van der Waals surface area (Å²) in [6.07, 6.45) is 1.49. The molecule has 0 aliphatic rings. The Morgan fingerprint density at radius 1 is 1.29 bits per heavy atom. The molecule has 0 saturated carbocycles. The van der Waals surface area contributed by atoms with E-state index in [4.69, 9.17) is 10.2 Å². The van der Waals surface area contributed by atoms with Gasteiger partial charge in [0.05, 0.1) is 13.7 Å². The van der Waals surface area contributed by atoms with Crippen molar-refractivity contribution in [2.75, 3.05) is 26.8 Å². The quantitative estimate of drug-likeness (QED) is 0.496. The zero-order valence-corrected chi connectivity index (χ0v) is 12.5. The third-order valence-corrected chi connectivity index (χ3v) is 2.90. The molecule has 0 unspecified atom stereocenters. The van der Waals surface area contributed by atoms with Gasteiger partial charge < -0.3 is 25.2 Å². The van der Waals surface area contributed by atoms with E-state index in [1.165, 1.54) is 12.0 Å². The zero-order valence-electron chi connectivity index (χ0n) is 12.5. The number of carboxylic acid groups (broad SMARTS) is 1. The van der Waals surface area contributed by atoms with Gasteiger partial charge in [-0.15, -0.1) is 0 Å². The third-order valence-electron chi connectivity index (χ3n) is 2.90. The number of unbranched alkanes of at least 4 members (excludes halogenated alkanes) is 1. The van der Waals surface area contributed by atoms with Gasteiger partial charge in [-0.3, -0.25) is 4.79 Å². The van der Waals surface area contributed by atoms with Crippen molar-refractivity contribution in [3.8, 4) is 0 Å². The number of nitrogens with one attached hydrogen (secondary N) is 1. The Bertz CT molecular complexity index is 348. The highest BCUT2D eigenvalue weighted by molar-refractivity contribution is 5.83. The maximum atomic E-state index is 12.0. The molecule has 0 bridgehead atoms. The summed E-state index contributed by atoms with van der Waals surface area (Å²) in [6, 6.07) is -1.73. The van der Waals surface area contributed by atoms with Crippen LogP contribution < -0.4 is 5.32 Å². The lowest BCUT2D eigenvalue weighted by Crippen LogP contribution is -2.49. The number of nitrogens with zero attached hydrogens (tertiary/aromatic N) is 1. The van der Waals surface area contributed by atoms with E-state index in [2.05, 4.69) is 10.1 Å². The summed E-state index contributed by atoms with van der Waals surface area (Å²) in [5, 5.41) is 20.4. The number of ether oxygens (including phenoxy) is 1. The summed E-state index contributed by atoms with van der Waals surface area (Å²) in [5.41, 5.74) is 0. The van der Waals surface area contributed by atoms with E-state index in [-0.39, 0.29) is 26.0 Å². The molecule has 0 aromatic carbocycles. The van der Waals surface area contributed by atoms with Gasteiger partial charge in [0.1, 0.15) is 6.04 Å². The largest absolute Gasteiger partial charge is 0.480 e. The third kappa shape index (κ3) is 8.13. The number of rotatable bonds is 10. The van der Waals surface area contributed by atoms with Gasteiger partial charge >= 0.3 is 18.0 Å². The van der Waals surface area contributed by atoms with E-state index in [0.717, 1.165) is 12.8 Å². The SMILES string of the molecule is CCCCN(CCO)C(=O)N[C@@H](CCC(=O)OC)C(=O)O. The zero-order chi connectivity index (χ0) is 16.3. The van der Waals surface area contributed by atoms with Crippen LogP contribution in [0.5, 0.6) is 0 Å². The maximum Gasteiger partial charge on any atom is 0.326 e. The van der Waals surface area contributed by atoms with E-state index in [1.54, 1.807) is 0 Å². The minimum absolute atomic E-state index is 0.0471. The summed E-state index contributed by atoms with van der Waals surface area (Å²) < 4.78 is 4.44. The van der Waals surface area contributed by atoms with Crippen LogP contribution in [0.25, 0.3) is 0 Å². The lowest BCUT2D eigenvalue weighted by Gasteiger charge is -2.24. The van der Waals surface area contributed by atoms with E-state index >= 15 is 0 Å². The van der Waals surface area contributed by atoms with Crippen LogP contribution in [-0.4, -0.2) is 65.9 Å². The van der Waals surface area contributed by atoms with Crippen molar-refractivity contribution in [1.29, 1.82) is 0 Å². The van der Waals surface area contributed by atoms with Gasteiger partial charge in [-0.1, -0.05) is 13.3 Å². The minimum Gasteiger partial charge on any atom is -0.480 e. The molecule has 0 rings (SSSR count). The molecule has 0 radical (unpaired) electrons. The lowest BCUT2D eigenvalue weighted by atomic mass is 10.1. The first-order valence-electron chi connectivity index (χ1n) is 6.92. The summed E-state index contributed by atoms with van der Waals surface area (Å²) >= 11 is 0. The van der Waals surface area contributed by atoms with Crippen LogP contribution in [0, 0.1) is 0 Å². The molecule has 0 aliphatic heterocycles. The molecule has 0 aromatic rings. The van der Waals surface area contributed by atoms with Gasteiger partial charge in [0, 0.05) is 19.5 Å². The van der Waals surface area contributed by atoms with Gasteiger partial charge in [-0.05, 0) is 12.8 Å². The number of hydrogen-bond acceptors (Lipinski definition) is 5. The fourth-order valence-electron chi connectivity index (χ4n) is 1.65. The van der Waals surface area contributed by atoms with Gasteiger partial charge in [-0.2, -0.15) is 0 Å². The fourth-order valence-corrected chi connectivity index (χ4v) is 1.65. The highest BCUT2D eigenvalue weighted by atomic mass is 16.5. The molecule has 8 heteroatoms. The number of carbonyl (C=O) groups excluding carboxylic acids is 2. The average Bonchev–Trinajstić information content (AvgIpc) is 2.46. The molecule has 0 aromatic heterocycles. The van der Waals surface area contributed by atoms with Crippen molar-refractivity contribution < 1.29 is 29.3 Å². The second-order valence-electron chi connectivity index (χ2n) is 4.52. The van der Waals surface area contributed by atoms with Crippen LogP contribution in [0.15, 0.2) is 0 Å². The Labute approximate surface area is 124 Å². The molecule has 0 aliphatic carbocycles. The molecule has 2 amide bonds. The first kappa shape index (κ1) is 19.2. The molecule has 1 atom stereocenters. The van der Waals surface area contributed by atoms with Crippen LogP contribution in [0.1, 0.15) is 32.6 Å². The van der Waals surface area contributed by atoms with Crippen molar-refractivity contribution in [2.45, 2.75) is 38.6 Å². The van der Waals surface area contributed by atoms with Crippen LogP contribution in [0.3, 0.4) is 0 Å². The van der Waals surface area contributed by atoms with Gasteiger partial charge in [0.15, 0.2) is 0 Å². The Kier molecular flexibility index (Phi) is 9.95. The normalized spacial score (nSPS) is 11.6. The smallest absolute Gasteiger partial charge is 0.326 e. The fraction of sp³-hybridized carbons (Fsp3) is 0.769. The van der Waals surface area contributed by atoms with Crippen molar-refractivity contribution in [3.05, 3.63) is 0 Å². The van der Waals surface area contributed by atoms with Crippen molar-refractivity contribution in [1.82, 2.24) is 10.2 Å². The van der Waals surface area contributed by atoms with Gasteiger partial charge in [0.2, 0.25) is 0 Å². The number of urea groups is 1. The van der Waals surface area contributed by atoms with E-state index in [9.17, 15) is 14.4 Å². The molecule has 21 heavy (non-hydrogen) atoms. The Morgan fingerprint density at radius 2 is 1.95 bits per heavy atom. The Morgan fingerprint density at radius 3 is 2.43 bits per heavy atom. The molecule has 3 N–H and O–H groups in total. The van der Waals surface area contributed by atoms with E-state index in [0.29, 0.717) is 6.54 Å². The molecule has 122 valence electrons. The second kappa shape index (κ2) is 10.9. The maximum absolute atomic E-state index is 12.0. The molecule has 8 nitrogen and oxygen atoms in total. The number of hydrogen-bond donors (Lipinski definition) is 3. The second-order valence-corrected chi connectivity index (χ2v) is 4.52. The number of aliphatic carboxylic acids is 1. The summed E-state index contributed by atoms with van der Waals surface area (Å²) in [4.78, 5) is 35.5. The highest BCUT2D eigenvalue weighted by Gasteiger charge is 2.23. The van der Waals surface area contributed by atoms with Crippen LogP contribution in [0.2, 0.25) is 0 Å². The monoisotopic (exact) mass is 304 g/mol. The number of carbonyl (C=O) groups is 3. The summed E-state index contributed by atoms with van der Waals surface area (Å²) in [5.74, 6) is -1.75. The van der Waals surface area contributed by atoms with Crippen LogP contribution in [0.4, 0.5) is 4.79 Å². The predicted molar refractivity (Wildman–Crippen MR) is 74.8 cm³/mol. The standard InChI is InChI=1S/C13H24N2O6/c1-3-4-7-15(8-9-16)13(20)14-10(12(18)19)5-6-11(17)21-2/h10,16H,3-9H2,1-2H3,(H,14,20)(H,18,19)/t10-/m0/s1. The first-order chi connectivity index (χ1) is 9.96. The van der Waals surface area contributed by atoms with Crippen LogP contribution >= 0.6 is 0 Å². The predicted octanol–water partition coefficient (Wildman–Crippen LogP) is 0.197. The van der Waals surface area contributed by atoms with Crippen molar-refractivity contribution in [3.63, 3.8) is 0 Å². The summed E-state index contributed by atoms with van der Waals surface area (Å²) in [6.45, 7) is 2.34. The summed E-state index contributed by atoms with van der Waals surface area (Å²) in [7, 11) is 1.21. The van der Waals surface area contributed by atoms with Crippen molar-refractivity contribution in [2.24, 2.45) is 0 Å². The lowest BCUT2D eigenvalue weighted by molar-refractivity contribution is -0.142. The molecular formula is C13H24N2O6. The Balaban J connectivity index is 4.54. The number of amides is 2. The average molecular weight is 304 g/mol. The Hall–Kier alpha value is -1.83. The van der Waals surface area contributed by atoms with E-state index < -0.39 is 24.0 Å². The molecule has 0 fully saturated rings. The van der Waals surface area contributed by atoms with E-state index in [1.807, 2.05) is 6.92 Å². The topological polar surface area (TPSA) is 116 Å². The van der Waals surface area contributed by atoms with Gasteiger partial charge in [-0.25, -0.2) is 9.59 Å².